The molecule has 22 heavy (non-hydrogen) atoms. The average molecular weight is 299 g/mol. The molecule has 1 aromatic heterocycles. The van der Waals surface area contributed by atoms with E-state index in [4.69, 9.17) is 9.47 Å². The summed E-state index contributed by atoms with van der Waals surface area (Å²) in [6.45, 7) is -0.163. The van der Waals surface area contributed by atoms with Gasteiger partial charge >= 0.3 is 0 Å². The monoisotopic (exact) mass is 299 g/mol. The van der Waals surface area contributed by atoms with Gasteiger partial charge in [0.15, 0.2) is 13.2 Å². The first kappa shape index (κ1) is 13.9. The van der Waals surface area contributed by atoms with Gasteiger partial charge in [0.05, 0.1) is 5.69 Å². The van der Waals surface area contributed by atoms with Crippen molar-refractivity contribution in [3.8, 4) is 11.5 Å². The Morgan fingerprint density at radius 3 is 3.09 bits per heavy atom. The van der Waals surface area contributed by atoms with E-state index in [9.17, 15) is 9.59 Å². The molecule has 112 valence electrons. The lowest BCUT2D eigenvalue weighted by molar-refractivity contribution is -0.119. The first-order chi connectivity index (χ1) is 10.7. The molecule has 0 bridgehead atoms. The number of benzene rings is 1. The lowest BCUT2D eigenvalue weighted by atomic mass is 10.2. The number of aromatic nitrogens is 1. The summed E-state index contributed by atoms with van der Waals surface area (Å²) in [4.78, 5) is 27.0. The molecule has 7 heteroatoms. The molecule has 0 aliphatic carbocycles. The van der Waals surface area contributed by atoms with Crippen LogP contribution in [-0.2, 0) is 9.59 Å². The van der Waals surface area contributed by atoms with Crippen LogP contribution >= 0.6 is 0 Å². The molecule has 2 N–H and O–H groups in total. The number of anilines is 2. The Balaban J connectivity index is 1.58. The van der Waals surface area contributed by atoms with E-state index < -0.39 is 0 Å². The van der Waals surface area contributed by atoms with Crippen molar-refractivity contribution in [1.29, 1.82) is 0 Å². The Labute approximate surface area is 126 Å². The SMILES string of the molecule is O=C(COc1ccc2c(c1)NC(=O)CO2)Nc1ccccn1. The summed E-state index contributed by atoms with van der Waals surface area (Å²) in [5.41, 5.74) is 0.527. The van der Waals surface area contributed by atoms with E-state index in [1.807, 2.05) is 0 Å². The molecule has 2 heterocycles. The minimum Gasteiger partial charge on any atom is -0.484 e. The Kier molecular flexibility index (Phi) is 3.86. The van der Waals surface area contributed by atoms with Gasteiger partial charge in [-0.3, -0.25) is 9.59 Å². The van der Waals surface area contributed by atoms with Crippen molar-refractivity contribution < 1.29 is 19.1 Å². The van der Waals surface area contributed by atoms with Crippen LogP contribution in [0.2, 0.25) is 0 Å². The van der Waals surface area contributed by atoms with E-state index in [0.29, 0.717) is 23.0 Å². The number of hydrogen-bond acceptors (Lipinski definition) is 5. The van der Waals surface area contributed by atoms with E-state index in [1.54, 1.807) is 42.6 Å². The number of nitrogens with one attached hydrogen (secondary N) is 2. The zero-order chi connectivity index (χ0) is 15.4. The van der Waals surface area contributed by atoms with Gasteiger partial charge in [-0.1, -0.05) is 6.07 Å². The molecule has 1 aliphatic rings. The van der Waals surface area contributed by atoms with Gasteiger partial charge in [0.1, 0.15) is 17.3 Å². The molecule has 1 aromatic carbocycles. The van der Waals surface area contributed by atoms with E-state index in [0.717, 1.165) is 0 Å². The third-order valence-electron chi connectivity index (χ3n) is 2.89. The van der Waals surface area contributed by atoms with Crippen molar-refractivity contribution in [2.45, 2.75) is 0 Å². The summed E-state index contributed by atoms with van der Waals surface area (Å²) in [5, 5.41) is 5.29. The number of ether oxygens (including phenoxy) is 2. The molecule has 3 rings (SSSR count). The van der Waals surface area contributed by atoms with Gasteiger partial charge in [-0.05, 0) is 24.3 Å². The first-order valence-corrected chi connectivity index (χ1v) is 6.61. The maximum atomic E-state index is 11.8. The zero-order valence-electron chi connectivity index (χ0n) is 11.5. The van der Waals surface area contributed by atoms with Crippen molar-refractivity contribution >= 4 is 23.3 Å². The molecule has 0 fully saturated rings. The molecule has 1 aliphatic heterocycles. The fraction of sp³-hybridized carbons (Fsp3) is 0.133. The summed E-state index contributed by atoms with van der Waals surface area (Å²) < 4.78 is 10.6. The summed E-state index contributed by atoms with van der Waals surface area (Å²) in [6, 6.07) is 10.2. The summed E-state index contributed by atoms with van der Waals surface area (Å²) in [6.07, 6.45) is 1.59. The molecule has 2 aromatic rings. The second-order valence-corrected chi connectivity index (χ2v) is 4.55. The van der Waals surface area contributed by atoms with Crippen LogP contribution in [0, 0.1) is 0 Å². The van der Waals surface area contributed by atoms with Crippen LogP contribution in [0.5, 0.6) is 11.5 Å². The molecule has 0 spiro atoms. The van der Waals surface area contributed by atoms with Gasteiger partial charge in [0.25, 0.3) is 11.8 Å². The molecular formula is C15H13N3O4. The van der Waals surface area contributed by atoms with Gasteiger partial charge in [-0.2, -0.15) is 0 Å². The smallest absolute Gasteiger partial charge is 0.263 e. The van der Waals surface area contributed by atoms with Crippen LogP contribution in [0.15, 0.2) is 42.6 Å². The highest BCUT2D eigenvalue weighted by Gasteiger charge is 2.16. The summed E-state index contributed by atoms with van der Waals surface area (Å²) >= 11 is 0. The number of fused-ring (bicyclic) bond motifs is 1. The molecule has 0 radical (unpaired) electrons. The lowest BCUT2D eigenvalue weighted by Gasteiger charge is -2.18. The molecular weight excluding hydrogens is 286 g/mol. The van der Waals surface area contributed by atoms with Crippen molar-refractivity contribution in [1.82, 2.24) is 4.98 Å². The van der Waals surface area contributed by atoms with Crippen LogP contribution in [0.4, 0.5) is 11.5 Å². The molecule has 0 saturated carbocycles. The number of carbonyl (C=O) groups is 2. The highest BCUT2D eigenvalue weighted by Crippen LogP contribution is 2.31. The molecule has 0 unspecified atom stereocenters. The maximum Gasteiger partial charge on any atom is 0.263 e. The first-order valence-electron chi connectivity index (χ1n) is 6.61. The third-order valence-corrected chi connectivity index (χ3v) is 2.89. The topological polar surface area (TPSA) is 89.5 Å². The Morgan fingerprint density at radius 1 is 1.36 bits per heavy atom. The van der Waals surface area contributed by atoms with Gasteiger partial charge in [-0.25, -0.2) is 4.98 Å². The fourth-order valence-corrected chi connectivity index (χ4v) is 1.92. The number of carbonyl (C=O) groups excluding carboxylic acids is 2. The lowest BCUT2D eigenvalue weighted by Crippen LogP contribution is -2.25. The highest BCUT2D eigenvalue weighted by molar-refractivity contribution is 5.95. The average Bonchev–Trinajstić information content (AvgIpc) is 2.53. The molecule has 2 amide bonds. The Morgan fingerprint density at radius 2 is 2.27 bits per heavy atom. The van der Waals surface area contributed by atoms with Crippen LogP contribution in [0.3, 0.4) is 0 Å². The molecule has 0 atom stereocenters. The quantitative estimate of drug-likeness (QED) is 0.891. The Bertz CT molecular complexity index is 703. The van der Waals surface area contributed by atoms with Crippen molar-refractivity contribution in [2.24, 2.45) is 0 Å². The van der Waals surface area contributed by atoms with Crippen LogP contribution in [0.25, 0.3) is 0 Å². The largest absolute Gasteiger partial charge is 0.484 e. The van der Waals surface area contributed by atoms with Crippen molar-refractivity contribution in [3.63, 3.8) is 0 Å². The minimum absolute atomic E-state index is 0.000312. The Hall–Kier alpha value is -3.09. The normalized spacial score (nSPS) is 12.6. The van der Waals surface area contributed by atoms with E-state index in [-0.39, 0.29) is 25.0 Å². The van der Waals surface area contributed by atoms with Crippen LogP contribution in [0.1, 0.15) is 0 Å². The van der Waals surface area contributed by atoms with Gasteiger partial charge in [0, 0.05) is 12.3 Å². The predicted molar refractivity (Wildman–Crippen MR) is 78.9 cm³/mol. The van der Waals surface area contributed by atoms with E-state index >= 15 is 0 Å². The number of nitrogens with zero attached hydrogens (tertiary/aromatic N) is 1. The molecule has 7 nitrogen and oxygen atoms in total. The van der Waals surface area contributed by atoms with Crippen LogP contribution < -0.4 is 20.1 Å². The maximum absolute atomic E-state index is 11.8. The standard InChI is InChI=1S/C15H13N3O4/c19-14-9-22-12-5-4-10(7-11(12)17-14)21-8-15(20)18-13-3-1-2-6-16-13/h1-7H,8-9H2,(H,17,19)(H,16,18,20). The number of hydrogen-bond donors (Lipinski definition) is 2. The minimum atomic E-state index is -0.322. The summed E-state index contributed by atoms with van der Waals surface area (Å²) in [7, 11) is 0. The van der Waals surface area contributed by atoms with E-state index in [1.165, 1.54) is 0 Å². The van der Waals surface area contributed by atoms with Crippen LogP contribution in [-0.4, -0.2) is 30.0 Å². The van der Waals surface area contributed by atoms with Gasteiger partial charge < -0.3 is 20.1 Å². The number of rotatable bonds is 4. The summed E-state index contributed by atoms with van der Waals surface area (Å²) in [5.74, 6) is 0.946. The second kappa shape index (κ2) is 6.13. The van der Waals surface area contributed by atoms with Crippen molar-refractivity contribution in [2.75, 3.05) is 23.8 Å². The van der Waals surface area contributed by atoms with Gasteiger partial charge in [-0.15, -0.1) is 0 Å². The highest BCUT2D eigenvalue weighted by atomic mass is 16.5. The number of pyridine rings is 1. The zero-order valence-corrected chi connectivity index (χ0v) is 11.5. The number of amides is 2. The fourth-order valence-electron chi connectivity index (χ4n) is 1.92. The van der Waals surface area contributed by atoms with Gasteiger partial charge in [0.2, 0.25) is 0 Å². The van der Waals surface area contributed by atoms with Crippen molar-refractivity contribution in [3.05, 3.63) is 42.6 Å². The molecule has 0 saturated heterocycles. The van der Waals surface area contributed by atoms with E-state index in [2.05, 4.69) is 15.6 Å². The second-order valence-electron chi connectivity index (χ2n) is 4.55. The third kappa shape index (κ3) is 3.32. The predicted octanol–water partition coefficient (Wildman–Crippen LogP) is 1.43.